The van der Waals surface area contributed by atoms with Crippen LogP contribution in [0.3, 0.4) is 0 Å². The molecule has 4 N–H and O–H groups in total. The molecular formula is C21H25N5O4S. The van der Waals surface area contributed by atoms with Crippen LogP contribution in [0.5, 0.6) is 0 Å². The fourth-order valence-electron chi connectivity index (χ4n) is 3.75. The normalized spacial score (nSPS) is 14.5. The number of carbonyl (C=O) groups is 1. The number of fused-ring (bicyclic) bond motifs is 1. The Balaban J connectivity index is 1.48. The fourth-order valence-corrected chi connectivity index (χ4v) is 5.66. The van der Waals surface area contributed by atoms with Crippen LogP contribution in [0.2, 0.25) is 0 Å². The van der Waals surface area contributed by atoms with Gasteiger partial charge in [0.1, 0.15) is 12.2 Å². The molecule has 1 aliphatic carbocycles. The van der Waals surface area contributed by atoms with Gasteiger partial charge < -0.3 is 20.6 Å². The fraction of sp³-hybridized carbons (Fsp3) is 0.381. The van der Waals surface area contributed by atoms with Gasteiger partial charge in [0.05, 0.1) is 34.6 Å². The second-order valence-corrected chi connectivity index (χ2v) is 10.1. The molecule has 0 aliphatic heterocycles. The van der Waals surface area contributed by atoms with Crippen molar-refractivity contribution >= 4 is 32.3 Å². The molecule has 3 aromatic heterocycles. The molecule has 0 bridgehead atoms. The number of nitrogens with one attached hydrogen (secondary N) is 2. The zero-order valence-electron chi connectivity index (χ0n) is 17.2. The van der Waals surface area contributed by atoms with Crippen molar-refractivity contribution in [3.8, 4) is 0 Å². The molecule has 3 heterocycles. The number of H-pyrrole nitrogens is 1. The highest BCUT2D eigenvalue weighted by atomic mass is 32.2. The Bertz CT molecular complexity index is 1310. The minimum atomic E-state index is -3.65. The lowest BCUT2D eigenvalue weighted by Crippen LogP contribution is -2.35. The molecule has 0 spiro atoms. The minimum Gasteiger partial charge on any atom is -0.393 e. The zero-order chi connectivity index (χ0) is 22.2. The van der Waals surface area contributed by atoms with Gasteiger partial charge in [0.15, 0.2) is 9.84 Å². The lowest BCUT2D eigenvalue weighted by Gasteiger charge is -2.25. The van der Waals surface area contributed by atoms with Crippen LogP contribution in [0.4, 0.5) is 5.69 Å². The zero-order valence-corrected chi connectivity index (χ0v) is 18.0. The van der Waals surface area contributed by atoms with E-state index in [1.54, 1.807) is 13.1 Å². The second kappa shape index (κ2) is 8.18. The quantitative estimate of drug-likeness (QED) is 0.506. The van der Waals surface area contributed by atoms with Crippen LogP contribution in [0, 0.1) is 12.8 Å². The van der Waals surface area contributed by atoms with Crippen LogP contribution in [0.25, 0.3) is 10.9 Å². The van der Waals surface area contributed by atoms with Gasteiger partial charge in [-0.1, -0.05) is 6.42 Å². The number of aromatic nitrogens is 3. The van der Waals surface area contributed by atoms with Crippen LogP contribution in [0.1, 0.15) is 30.7 Å². The molecule has 3 aromatic rings. The number of anilines is 1. The van der Waals surface area contributed by atoms with Crippen molar-refractivity contribution in [2.75, 3.05) is 11.5 Å². The third kappa shape index (κ3) is 4.34. The summed E-state index contributed by atoms with van der Waals surface area (Å²) in [5.74, 6) is -0.276. The molecule has 0 saturated heterocycles. The Morgan fingerprint density at radius 2 is 2.13 bits per heavy atom. The molecule has 9 nitrogen and oxygen atoms in total. The van der Waals surface area contributed by atoms with Gasteiger partial charge in [-0.3, -0.25) is 14.6 Å². The van der Waals surface area contributed by atoms with Crippen molar-refractivity contribution in [2.45, 2.75) is 44.2 Å². The van der Waals surface area contributed by atoms with Crippen molar-refractivity contribution in [1.29, 1.82) is 0 Å². The SMILES string of the molecule is Cc1cc(S(=O)(=O)CC2CCC2)c(N)c(=O)n1CC(=O)NCc1cc2cc[nH]c2cn1. The van der Waals surface area contributed by atoms with E-state index < -0.39 is 21.3 Å². The third-order valence-electron chi connectivity index (χ3n) is 5.78. The monoisotopic (exact) mass is 443 g/mol. The number of hydrogen-bond acceptors (Lipinski definition) is 6. The summed E-state index contributed by atoms with van der Waals surface area (Å²) in [5, 5.41) is 3.72. The van der Waals surface area contributed by atoms with Crippen molar-refractivity contribution in [2.24, 2.45) is 5.92 Å². The van der Waals surface area contributed by atoms with E-state index in [-0.39, 0.29) is 35.3 Å². The van der Waals surface area contributed by atoms with Gasteiger partial charge in [-0.05, 0) is 43.9 Å². The molecule has 31 heavy (non-hydrogen) atoms. The number of hydrogen-bond donors (Lipinski definition) is 3. The number of nitrogens with two attached hydrogens (primary N) is 1. The molecule has 1 aliphatic rings. The van der Waals surface area contributed by atoms with E-state index in [0.717, 1.165) is 30.2 Å². The highest BCUT2D eigenvalue weighted by Crippen LogP contribution is 2.30. The molecule has 1 amide bonds. The van der Waals surface area contributed by atoms with Crippen LogP contribution in [0.15, 0.2) is 40.3 Å². The summed E-state index contributed by atoms with van der Waals surface area (Å²) < 4.78 is 26.6. The minimum absolute atomic E-state index is 0.000926. The number of pyridine rings is 2. The lowest BCUT2D eigenvalue weighted by molar-refractivity contribution is -0.121. The summed E-state index contributed by atoms with van der Waals surface area (Å²) in [6.07, 6.45) is 6.28. The molecule has 0 radical (unpaired) electrons. The molecule has 4 rings (SSSR count). The van der Waals surface area contributed by atoms with Gasteiger partial charge in [0, 0.05) is 17.3 Å². The van der Waals surface area contributed by atoms with Crippen molar-refractivity contribution in [3.63, 3.8) is 0 Å². The van der Waals surface area contributed by atoms with Crippen molar-refractivity contribution in [1.82, 2.24) is 19.9 Å². The van der Waals surface area contributed by atoms with Gasteiger partial charge in [-0.2, -0.15) is 0 Å². The second-order valence-electron chi connectivity index (χ2n) is 8.05. The molecule has 10 heteroatoms. The number of amides is 1. The third-order valence-corrected chi connectivity index (χ3v) is 7.70. The number of nitrogen functional groups attached to an aromatic ring is 1. The van der Waals surface area contributed by atoms with Gasteiger partial charge in [0.25, 0.3) is 5.56 Å². The van der Waals surface area contributed by atoms with E-state index in [1.807, 2.05) is 18.3 Å². The maximum absolute atomic E-state index is 12.7. The van der Waals surface area contributed by atoms with Crippen molar-refractivity contribution in [3.05, 3.63) is 52.3 Å². The van der Waals surface area contributed by atoms with E-state index in [9.17, 15) is 18.0 Å². The first-order valence-electron chi connectivity index (χ1n) is 10.2. The predicted octanol–water partition coefficient (Wildman–Crippen LogP) is 1.51. The maximum Gasteiger partial charge on any atom is 0.275 e. The largest absolute Gasteiger partial charge is 0.393 e. The molecule has 1 saturated carbocycles. The van der Waals surface area contributed by atoms with Gasteiger partial charge >= 0.3 is 0 Å². The lowest BCUT2D eigenvalue weighted by atomic mass is 9.87. The molecule has 0 atom stereocenters. The Kier molecular flexibility index (Phi) is 5.57. The van der Waals surface area contributed by atoms with Crippen LogP contribution in [-0.2, 0) is 27.7 Å². The topological polar surface area (TPSA) is 140 Å². The molecule has 164 valence electrons. The molecule has 0 aromatic carbocycles. The van der Waals surface area contributed by atoms with Crippen LogP contribution in [-0.4, -0.2) is 34.6 Å². The molecule has 1 fully saturated rings. The van der Waals surface area contributed by atoms with E-state index in [1.165, 1.54) is 10.6 Å². The van der Waals surface area contributed by atoms with Crippen LogP contribution < -0.4 is 16.6 Å². The smallest absolute Gasteiger partial charge is 0.275 e. The highest BCUT2D eigenvalue weighted by Gasteiger charge is 2.29. The number of aromatic amines is 1. The summed E-state index contributed by atoms with van der Waals surface area (Å²) >= 11 is 0. The van der Waals surface area contributed by atoms with E-state index in [2.05, 4.69) is 15.3 Å². The summed E-state index contributed by atoms with van der Waals surface area (Å²) in [5.41, 5.74) is 6.85. The van der Waals surface area contributed by atoms with E-state index in [0.29, 0.717) is 11.4 Å². The first-order chi connectivity index (χ1) is 14.7. The number of rotatable bonds is 7. The average molecular weight is 444 g/mol. The number of aryl methyl sites for hydroxylation is 1. The van der Waals surface area contributed by atoms with E-state index >= 15 is 0 Å². The number of sulfone groups is 1. The Hall–Kier alpha value is -3.14. The predicted molar refractivity (Wildman–Crippen MR) is 117 cm³/mol. The van der Waals surface area contributed by atoms with Gasteiger partial charge in [0.2, 0.25) is 5.91 Å². The Labute approximate surface area is 179 Å². The summed E-state index contributed by atoms with van der Waals surface area (Å²) in [4.78, 5) is 32.4. The number of nitrogens with zero attached hydrogens (tertiary/aromatic N) is 2. The maximum atomic E-state index is 12.7. The summed E-state index contributed by atoms with van der Waals surface area (Å²) in [7, 11) is -3.65. The number of carbonyl (C=O) groups excluding carboxylic acids is 1. The molecular weight excluding hydrogens is 418 g/mol. The summed E-state index contributed by atoms with van der Waals surface area (Å²) in [6.45, 7) is 1.54. The Morgan fingerprint density at radius 3 is 2.84 bits per heavy atom. The first-order valence-corrected chi connectivity index (χ1v) is 11.8. The van der Waals surface area contributed by atoms with Crippen molar-refractivity contribution < 1.29 is 13.2 Å². The summed E-state index contributed by atoms with van der Waals surface area (Å²) in [6, 6.07) is 5.16. The van der Waals surface area contributed by atoms with Crippen LogP contribution >= 0.6 is 0 Å². The average Bonchev–Trinajstić information content (AvgIpc) is 3.17. The standard InChI is InChI=1S/C21H25N5O4S/c1-13-7-18(31(29,30)12-14-3-2-4-14)20(22)21(28)26(13)11-19(27)25-9-16-8-15-5-6-23-17(15)10-24-16/h5-8,10,14,23H,2-4,9,11-12,22H2,1H3,(H,25,27). The first kappa shape index (κ1) is 21.1. The van der Waals surface area contributed by atoms with E-state index in [4.69, 9.17) is 5.73 Å². The highest BCUT2D eigenvalue weighted by molar-refractivity contribution is 7.91. The van der Waals surface area contributed by atoms with Gasteiger partial charge in [-0.25, -0.2) is 8.42 Å². The molecule has 0 unspecified atom stereocenters. The Morgan fingerprint density at radius 1 is 1.35 bits per heavy atom. The van der Waals surface area contributed by atoms with Gasteiger partial charge in [-0.15, -0.1) is 0 Å².